The molecule has 8 unspecified atom stereocenters. The van der Waals surface area contributed by atoms with E-state index < -0.39 is 5.97 Å². The Labute approximate surface area is 241 Å². The summed E-state index contributed by atoms with van der Waals surface area (Å²) in [4.78, 5) is 23.6. The smallest absolute Gasteiger partial charge is 0.335 e. The Bertz CT molecular complexity index is 1200. The lowest BCUT2D eigenvalue weighted by atomic mass is 9.37. The molecule has 1 aromatic carbocycles. The highest BCUT2D eigenvalue weighted by Crippen LogP contribution is 2.72. The standard InChI is InChI=1S/C35H50N2O3/c1-32(2)25(22-8-10-23(11-9-22)31(39)40)14-18-34(4)28(32)16-19-33(3)26-15-20-35(37-21-30(38)36-5)17-6-7-27(35)24(26)12-13-29(33)34/h8-11,14,24,26-29,37H,6-7,12-13,15-21H2,1-5H3,(H,36,38)(H,39,40). The summed E-state index contributed by atoms with van der Waals surface area (Å²) in [6.07, 6.45) is 15.3. The van der Waals surface area contributed by atoms with E-state index >= 15 is 0 Å². The number of aromatic carboxylic acids is 1. The first-order valence-electron chi connectivity index (χ1n) is 16.0. The van der Waals surface area contributed by atoms with Gasteiger partial charge in [-0.05, 0) is 127 Å². The zero-order valence-electron chi connectivity index (χ0n) is 25.3. The minimum atomic E-state index is -0.863. The number of likely N-dealkylation sites (N-methyl/N-ethyl adjacent to an activating group) is 1. The zero-order valence-corrected chi connectivity index (χ0v) is 25.3. The number of fused-ring (bicyclic) bond motifs is 7. The first-order chi connectivity index (χ1) is 19.0. The molecule has 0 radical (unpaired) electrons. The van der Waals surface area contributed by atoms with Gasteiger partial charge in [0.05, 0.1) is 12.1 Å². The number of allylic oxidation sites excluding steroid dienone is 2. The van der Waals surface area contributed by atoms with E-state index in [1.165, 1.54) is 68.9 Å². The number of carbonyl (C=O) groups excluding carboxylic acids is 1. The van der Waals surface area contributed by atoms with Crippen molar-refractivity contribution in [1.29, 1.82) is 0 Å². The predicted octanol–water partition coefficient (Wildman–Crippen LogP) is 6.93. The van der Waals surface area contributed by atoms with Gasteiger partial charge in [-0.15, -0.1) is 0 Å². The Balaban J connectivity index is 1.27. The fourth-order valence-corrected chi connectivity index (χ4v) is 11.8. The van der Waals surface area contributed by atoms with Crippen molar-refractivity contribution in [3.8, 4) is 0 Å². The summed E-state index contributed by atoms with van der Waals surface area (Å²) in [6, 6.07) is 7.56. The molecule has 218 valence electrons. The third-order valence-electron chi connectivity index (χ3n) is 13.4. The monoisotopic (exact) mass is 546 g/mol. The maximum absolute atomic E-state index is 12.1. The van der Waals surface area contributed by atoms with Crippen LogP contribution in [0.4, 0.5) is 0 Å². The van der Waals surface area contributed by atoms with Crippen LogP contribution in [0.25, 0.3) is 5.57 Å². The number of rotatable bonds is 5. The molecule has 1 aromatic rings. The van der Waals surface area contributed by atoms with Crippen molar-refractivity contribution >= 4 is 17.4 Å². The van der Waals surface area contributed by atoms with Crippen LogP contribution in [-0.4, -0.2) is 36.1 Å². The van der Waals surface area contributed by atoms with Crippen LogP contribution in [0.5, 0.6) is 0 Å². The van der Waals surface area contributed by atoms with E-state index in [1.807, 2.05) is 12.1 Å². The second-order valence-electron chi connectivity index (χ2n) is 15.1. The number of hydrogen-bond donors (Lipinski definition) is 3. The third kappa shape index (κ3) is 4.04. The van der Waals surface area contributed by atoms with Gasteiger partial charge >= 0.3 is 5.97 Å². The number of amides is 1. The molecule has 1 amide bonds. The Hall–Kier alpha value is -2.14. The van der Waals surface area contributed by atoms with Crippen molar-refractivity contribution in [2.75, 3.05) is 13.6 Å². The Morgan fingerprint density at radius 1 is 0.875 bits per heavy atom. The van der Waals surface area contributed by atoms with Crippen LogP contribution in [0.1, 0.15) is 108 Å². The lowest BCUT2D eigenvalue weighted by Gasteiger charge is -2.68. The fraction of sp³-hybridized carbons (Fsp3) is 0.714. The van der Waals surface area contributed by atoms with Crippen LogP contribution in [0.2, 0.25) is 0 Å². The van der Waals surface area contributed by atoms with Crippen molar-refractivity contribution in [2.45, 2.75) is 97.4 Å². The summed E-state index contributed by atoms with van der Waals surface area (Å²) in [5.41, 5.74) is 3.83. The Kier molecular flexibility index (Phi) is 6.80. The molecular formula is C35H50N2O3. The molecule has 4 saturated carbocycles. The van der Waals surface area contributed by atoms with Crippen LogP contribution < -0.4 is 10.6 Å². The van der Waals surface area contributed by atoms with Crippen LogP contribution in [-0.2, 0) is 4.79 Å². The number of carbonyl (C=O) groups is 2. The second kappa shape index (κ2) is 9.71. The van der Waals surface area contributed by atoms with Gasteiger partial charge in [-0.2, -0.15) is 0 Å². The van der Waals surface area contributed by atoms with Gasteiger partial charge in [-0.1, -0.05) is 52.3 Å². The second-order valence-corrected chi connectivity index (χ2v) is 15.1. The molecule has 0 saturated heterocycles. The number of nitrogens with one attached hydrogen (secondary N) is 2. The van der Waals surface area contributed by atoms with Crippen molar-refractivity contribution in [3.63, 3.8) is 0 Å². The number of benzene rings is 1. The van der Waals surface area contributed by atoms with Gasteiger partial charge in [0.2, 0.25) is 5.91 Å². The molecule has 0 bridgehead atoms. The highest BCUT2D eigenvalue weighted by molar-refractivity contribution is 5.88. The highest BCUT2D eigenvalue weighted by atomic mass is 16.4. The molecular weight excluding hydrogens is 496 g/mol. The van der Waals surface area contributed by atoms with E-state index in [4.69, 9.17) is 0 Å². The van der Waals surface area contributed by atoms with E-state index in [0.717, 1.165) is 24.2 Å². The van der Waals surface area contributed by atoms with E-state index in [-0.39, 0.29) is 22.3 Å². The number of carboxylic acids is 1. The molecule has 3 N–H and O–H groups in total. The van der Waals surface area contributed by atoms with Gasteiger partial charge in [0.25, 0.3) is 0 Å². The maximum atomic E-state index is 12.1. The molecule has 40 heavy (non-hydrogen) atoms. The summed E-state index contributed by atoms with van der Waals surface area (Å²) in [6.45, 7) is 10.6. The quantitative estimate of drug-likeness (QED) is 0.374. The average Bonchev–Trinajstić information content (AvgIpc) is 3.36. The van der Waals surface area contributed by atoms with Crippen molar-refractivity contribution < 1.29 is 14.7 Å². The molecule has 0 spiro atoms. The fourth-order valence-electron chi connectivity index (χ4n) is 11.8. The molecule has 0 heterocycles. The molecule has 5 nitrogen and oxygen atoms in total. The van der Waals surface area contributed by atoms with Gasteiger partial charge in [0.15, 0.2) is 0 Å². The van der Waals surface area contributed by atoms with Gasteiger partial charge in [-0.25, -0.2) is 4.79 Å². The lowest BCUT2D eigenvalue weighted by Crippen LogP contribution is -2.64. The first kappa shape index (κ1) is 28.0. The van der Waals surface area contributed by atoms with E-state index in [2.05, 4.69) is 44.4 Å². The average molecular weight is 547 g/mol. The normalized spacial score (nSPS) is 41.5. The number of carboxylic acid groups (broad SMARTS) is 1. The first-order valence-corrected chi connectivity index (χ1v) is 16.0. The minimum Gasteiger partial charge on any atom is -0.478 e. The van der Waals surface area contributed by atoms with Gasteiger partial charge in [0.1, 0.15) is 0 Å². The van der Waals surface area contributed by atoms with E-state index in [9.17, 15) is 14.7 Å². The van der Waals surface area contributed by atoms with Crippen molar-refractivity contribution in [2.24, 2.45) is 45.8 Å². The molecule has 0 aromatic heterocycles. The molecule has 4 fully saturated rings. The van der Waals surface area contributed by atoms with Crippen LogP contribution in [0, 0.1) is 45.8 Å². The number of hydrogen-bond acceptors (Lipinski definition) is 3. The summed E-state index contributed by atoms with van der Waals surface area (Å²) >= 11 is 0. The third-order valence-corrected chi connectivity index (χ3v) is 13.4. The molecule has 5 aliphatic carbocycles. The molecule has 5 heteroatoms. The largest absolute Gasteiger partial charge is 0.478 e. The van der Waals surface area contributed by atoms with Gasteiger partial charge in [0, 0.05) is 12.6 Å². The SMILES string of the molecule is CNC(=O)CNC12CCCC1C1CCC3C(C)(CCC4C(C)(C)C(c5ccc(C(=O)O)cc5)=CCC43C)C1CC2. The summed E-state index contributed by atoms with van der Waals surface area (Å²) in [5.74, 6) is 2.88. The van der Waals surface area contributed by atoms with Crippen LogP contribution in [0.3, 0.4) is 0 Å². The summed E-state index contributed by atoms with van der Waals surface area (Å²) in [7, 11) is 1.74. The molecule has 0 aliphatic heterocycles. The highest BCUT2D eigenvalue weighted by Gasteiger charge is 2.65. The lowest BCUT2D eigenvalue weighted by molar-refractivity contribution is -0.172. The predicted molar refractivity (Wildman–Crippen MR) is 160 cm³/mol. The van der Waals surface area contributed by atoms with Crippen LogP contribution >= 0.6 is 0 Å². The van der Waals surface area contributed by atoms with E-state index in [1.54, 1.807) is 19.2 Å². The summed E-state index contributed by atoms with van der Waals surface area (Å²) < 4.78 is 0. The van der Waals surface area contributed by atoms with Crippen molar-refractivity contribution in [1.82, 2.24) is 10.6 Å². The van der Waals surface area contributed by atoms with Gasteiger partial charge < -0.3 is 15.7 Å². The molecule has 5 aliphatic rings. The summed E-state index contributed by atoms with van der Waals surface area (Å²) in [5, 5.41) is 16.0. The van der Waals surface area contributed by atoms with E-state index in [0.29, 0.717) is 29.4 Å². The topological polar surface area (TPSA) is 78.4 Å². The van der Waals surface area contributed by atoms with Crippen LogP contribution in [0.15, 0.2) is 30.3 Å². The minimum absolute atomic E-state index is 0.0485. The van der Waals surface area contributed by atoms with Crippen molar-refractivity contribution in [3.05, 3.63) is 41.5 Å². The Morgan fingerprint density at radius 2 is 1.62 bits per heavy atom. The molecule has 6 rings (SSSR count). The van der Waals surface area contributed by atoms with Gasteiger partial charge in [-0.3, -0.25) is 4.79 Å². The zero-order chi connectivity index (χ0) is 28.5. The molecule has 8 atom stereocenters. The maximum Gasteiger partial charge on any atom is 0.335 e. The Morgan fingerprint density at radius 3 is 2.33 bits per heavy atom.